The first-order chi connectivity index (χ1) is 12.0. The molecule has 1 aliphatic rings. The molecular weight excluding hydrogens is 300 g/mol. The topological polar surface area (TPSA) is 0 Å². The fourth-order valence-electron chi connectivity index (χ4n) is 4.17. The van der Waals surface area contributed by atoms with Crippen molar-refractivity contribution in [2.75, 3.05) is 0 Å². The highest BCUT2D eigenvalue weighted by Crippen LogP contribution is 2.35. The van der Waals surface area contributed by atoms with Gasteiger partial charge < -0.3 is 0 Å². The van der Waals surface area contributed by atoms with Gasteiger partial charge in [-0.05, 0) is 96.0 Å². The van der Waals surface area contributed by atoms with E-state index in [-0.39, 0.29) is 0 Å². The summed E-state index contributed by atoms with van der Waals surface area (Å²) in [6.07, 6.45) is 7.22. The van der Waals surface area contributed by atoms with Crippen LogP contribution >= 0.6 is 0 Å². The Morgan fingerprint density at radius 1 is 1.12 bits per heavy atom. The molecule has 0 saturated carbocycles. The largest absolute Gasteiger partial charge is 0.0839 e. The van der Waals surface area contributed by atoms with Crippen molar-refractivity contribution in [2.24, 2.45) is 11.8 Å². The van der Waals surface area contributed by atoms with Crippen molar-refractivity contribution >= 4 is 16.3 Å². The standard InChI is InChI=1S/C23H30.C2H6/c1-6-17(7-2)20-10-16(5)23-14-19-9-8-18(15(3)4)11-21(19)13-22(23)12-20;1-2/h6,10,12-15,18H,7-9,11H2,1-5H3;1-2H3/b17-6+;. The first-order valence-corrected chi connectivity index (χ1v) is 10.2. The minimum atomic E-state index is 0.793. The second kappa shape index (κ2) is 8.70. The van der Waals surface area contributed by atoms with Crippen LogP contribution in [-0.2, 0) is 12.8 Å². The number of rotatable bonds is 3. The summed E-state index contributed by atoms with van der Waals surface area (Å²) in [6, 6.07) is 9.73. The molecule has 3 rings (SSSR count). The Morgan fingerprint density at radius 3 is 2.44 bits per heavy atom. The summed E-state index contributed by atoms with van der Waals surface area (Å²) in [5.41, 5.74) is 7.45. The van der Waals surface area contributed by atoms with Gasteiger partial charge in [-0.2, -0.15) is 0 Å². The van der Waals surface area contributed by atoms with Gasteiger partial charge in [0.15, 0.2) is 0 Å². The molecule has 136 valence electrons. The molecule has 1 aliphatic carbocycles. The number of allylic oxidation sites excluding steroid dienone is 2. The van der Waals surface area contributed by atoms with Gasteiger partial charge in [-0.3, -0.25) is 0 Å². The monoisotopic (exact) mass is 336 g/mol. The van der Waals surface area contributed by atoms with Crippen molar-refractivity contribution in [1.29, 1.82) is 0 Å². The number of fused-ring (bicyclic) bond motifs is 2. The Morgan fingerprint density at radius 2 is 1.84 bits per heavy atom. The fraction of sp³-hybridized carbons (Fsp3) is 0.520. The Bertz CT molecular complexity index is 746. The minimum Gasteiger partial charge on any atom is -0.0839 e. The zero-order chi connectivity index (χ0) is 18.6. The zero-order valence-corrected chi connectivity index (χ0v) is 17.4. The second-order valence-corrected chi connectivity index (χ2v) is 7.55. The fourth-order valence-corrected chi connectivity index (χ4v) is 4.17. The Kier molecular flexibility index (Phi) is 6.87. The SMILES string of the molecule is C/C=C(\CC)c1cc(C)c2cc3c(cc2c1)CC(C(C)C)CC3.CC. The summed E-state index contributed by atoms with van der Waals surface area (Å²) < 4.78 is 0. The van der Waals surface area contributed by atoms with Crippen LogP contribution in [0.3, 0.4) is 0 Å². The summed E-state index contributed by atoms with van der Waals surface area (Å²) in [7, 11) is 0. The highest BCUT2D eigenvalue weighted by Gasteiger charge is 2.21. The van der Waals surface area contributed by atoms with E-state index in [1.54, 1.807) is 11.1 Å². The van der Waals surface area contributed by atoms with E-state index in [0.717, 1.165) is 18.3 Å². The van der Waals surface area contributed by atoms with Crippen LogP contribution < -0.4 is 0 Å². The van der Waals surface area contributed by atoms with Gasteiger partial charge >= 0.3 is 0 Å². The molecule has 1 unspecified atom stereocenters. The molecule has 1 atom stereocenters. The molecule has 2 aromatic rings. The number of hydrogen-bond donors (Lipinski definition) is 0. The molecule has 0 amide bonds. The molecule has 0 heterocycles. The maximum absolute atomic E-state index is 2.48. The normalized spacial score (nSPS) is 17.3. The third kappa shape index (κ3) is 4.17. The molecule has 0 fully saturated rings. The van der Waals surface area contributed by atoms with E-state index < -0.39 is 0 Å². The lowest BCUT2D eigenvalue weighted by Gasteiger charge is -2.28. The highest BCUT2D eigenvalue weighted by molar-refractivity contribution is 5.90. The van der Waals surface area contributed by atoms with Crippen molar-refractivity contribution in [3.8, 4) is 0 Å². The molecular formula is C25H36. The van der Waals surface area contributed by atoms with Crippen molar-refractivity contribution in [3.05, 3.63) is 52.6 Å². The number of hydrogen-bond acceptors (Lipinski definition) is 0. The lowest BCUT2D eigenvalue weighted by Crippen LogP contribution is -2.19. The maximum Gasteiger partial charge on any atom is -0.0151 e. The third-order valence-electron chi connectivity index (χ3n) is 5.79. The van der Waals surface area contributed by atoms with Gasteiger partial charge in [0.2, 0.25) is 0 Å². The quantitative estimate of drug-likeness (QED) is 0.537. The van der Waals surface area contributed by atoms with Gasteiger partial charge in [-0.25, -0.2) is 0 Å². The van der Waals surface area contributed by atoms with Crippen LogP contribution in [0.15, 0.2) is 30.3 Å². The smallest absolute Gasteiger partial charge is 0.0151 e. The molecule has 2 aromatic carbocycles. The van der Waals surface area contributed by atoms with E-state index in [4.69, 9.17) is 0 Å². The second-order valence-electron chi connectivity index (χ2n) is 7.55. The maximum atomic E-state index is 2.48. The predicted octanol–water partition coefficient (Wildman–Crippen LogP) is 7.75. The zero-order valence-electron chi connectivity index (χ0n) is 17.4. The molecule has 0 aromatic heterocycles. The third-order valence-corrected chi connectivity index (χ3v) is 5.79. The summed E-state index contributed by atoms with van der Waals surface area (Å²) in [4.78, 5) is 0. The molecule has 0 nitrogen and oxygen atoms in total. The van der Waals surface area contributed by atoms with Crippen LogP contribution in [0.5, 0.6) is 0 Å². The van der Waals surface area contributed by atoms with Crippen LogP contribution in [0, 0.1) is 18.8 Å². The van der Waals surface area contributed by atoms with Crippen molar-refractivity contribution < 1.29 is 0 Å². The summed E-state index contributed by atoms with van der Waals surface area (Å²) >= 11 is 0. The van der Waals surface area contributed by atoms with E-state index in [1.165, 1.54) is 46.7 Å². The van der Waals surface area contributed by atoms with Gasteiger partial charge in [-0.1, -0.05) is 58.9 Å². The predicted molar refractivity (Wildman–Crippen MR) is 114 cm³/mol. The van der Waals surface area contributed by atoms with Crippen molar-refractivity contribution in [3.63, 3.8) is 0 Å². The van der Waals surface area contributed by atoms with Crippen LogP contribution in [0.4, 0.5) is 0 Å². The summed E-state index contributed by atoms with van der Waals surface area (Å²) in [6.45, 7) is 15.4. The molecule has 0 aliphatic heterocycles. The van der Waals surface area contributed by atoms with E-state index in [1.807, 2.05) is 13.8 Å². The first kappa shape index (κ1) is 19.8. The van der Waals surface area contributed by atoms with Crippen molar-refractivity contribution in [2.45, 2.75) is 74.1 Å². The Labute approximate surface area is 155 Å². The lowest BCUT2D eigenvalue weighted by atomic mass is 9.77. The number of benzene rings is 2. The van der Waals surface area contributed by atoms with E-state index in [2.05, 4.69) is 65.0 Å². The molecule has 0 N–H and O–H groups in total. The van der Waals surface area contributed by atoms with Crippen LogP contribution in [0.1, 0.15) is 76.6 Å². The average molecular weight is 337 g/mol. The first-order valence-electron chi connectivity index (χ1n) is 10.2. The summed E-state index contributed by atoms with van der Waals surface area (Å²) in [5, 5.41) is 2.87. The Hall–Kier alpha value is -1.56. The van der Waals surface area contributed by atoms with E-state index in [0.29, 0.717) is 0 Å². The van der Waals surface area contributed by atoms with Gasteiger partial charge in [0.25, 0.3) is 0 Å². The summed E-state index contributed by atoms with van der Waals surface area (Å²) in [5.74, 6) is 1.65. The molecule has 25 heavy (non-hydrogen) atoms. The molecule has 0 bridgehead atoms. The van der Waals surface area contributed by atoms with Gasteiger partial charge in [0, 0.05) is 0 Å². The highest BCUT2D eigenvalue weighted by atomic mass is 14.3. The van der Waals surface area contributed by atoms with Crippen LogP contribution in [0.2, 0.25) is 0 Å². The minimum absolute atomic E-state index is 0.793. The molecule has 0 saturated heterocycles. The van der Waals surface area contributed by atoms with Gasteiger partial charge in [-0.15, -0.1) is 0 Å². The molecule has 0 heteroatoms. The van der Waals surface area contributed by atoms with Crippen LogP contribution in [-0.4, -0.2) is 0 Å². The Balaban J connectivity index is 0.00000109. The lowest BCUT2D eigenvalue weighted by molar-refractivity contribution is 0.343. The van der Waals surface area contributed by atoms with Gasteiger partial charge in [0.05, 0.1) is 0 Å². The molecule has 0 spiro atoms. The van der Waals surface area contributed by atoms with E-state index >= 15 is 0 Å². The van der Waals surface area contributed by atoms with Crippen molar-refractivity contribution in [1.82, 2.24) is 0 Å². The van der Waals surface area contributed by atoms with E-state index in [9.17, 15) is 0 Å². The van der Waals surface area contributed by atoms with Crippen LogP contribution in [0.25, 0.3) is 16.3 Å². The molecule has 0 radical (unpaired) electrons. The van der Waals surface area contributed by atoms with Gasteiger partial charge in [0.1, 0.15) is 0 Å². The number of aryl methyl sites for hydroxylation is 2. The average Bonchev–Trinajstić information content (AvgIpc) is 2.62.